The molecule has 2 rings (SSSR count). The van der Waals surface area contributed by atoms with E-state index >= 15 is 0 Å². The van der Waals surface area contributed by atoms with Crippen molar-refractivity contribution >= 4 is 11.8 Å². The van der Waals surface area contributed by atoms with Gasteiger partial charge in [0.25, 0.3) is 0 Å². The highest BCUT2D eigenvalue weighted by molar-refractivity contribution is 7.99. The maximum atomic E-state index is 10.3. The van der Waals surface area contributed by atoms with Crippen LogP contribution in [0.1, 0.15) is 38.5 Å². The normalized spacial score (nSPS) is 27.0. The number of rotatable bonds is 4. The van der Waals surface area contributed by atoms with Gasteiger partial charge in [-0.3, -0.25) is 0 Å². The molecule has 2 aliphatic rings. The largest absolute Gasteiger partial charge is 0.389 e. The topological polar surface area (TPSA) is 32.3 Å². The third kappa shape index (κ3) is 3.65. The van der Waals surface area contributed by atoms with Gasteiger partial charge in [0.2, 0.25) is 0 Å². The van der Waals surface area contributed by atoms with E-state index in [1.807, 2.05) is 11.8 Å². The van der Waals surface area contributed by atoms with E-state index in [1.165, 1.54) is 31.4 Å². The number of thioether (sulfide) groups is 1. The summed E-state index contributed by atoms with van der Waals surface area (Å²) in [4.78, 5) is 0. The molecule has 15 heavy (non-hydrogen) atoms. The van der Waals surface area contributed by atoms with Crippen molar-refractivity contribution in [1.29, 1.82) is 0 Å². The van der Waals surface area contributed by atoms with Crippen molar-refractivity contribution < 1.29 is 5.11 Å². The van der Waals surface area contributed by atoms with Crippen molar-refractivity contribution in [1.82, 2.24) is 5.32 Å². The van der Waals surface area contributed by atoms with Gasteiger partial charge in [0.15, 0.2) is 0 Å². The Bertz CT molecular complexity index is 186. The summed E-state index contributed by atoms with van der Waals surface area (Å²) >= 11 is 1.98. The Morgan fingerprint density at radius 2 is 1.87 bits per heavy atom. The maximum absolute atomic E-state index is 10.3. The van der Waals surface area contributed by atoms with E-state index in [2.05, 4.69) is 5.32 Å². The smallest absolute Gasteiger partial charge is 0.0761 e. The van der Waals surface area contributed by atoms with E-state index in [1.54, 1.807) is 0 Å². The van der Waals surface area contributed by atoms with Gasteiger partial charge in [-0.2, -0.15) is 11.8 Å². The molecule has 0 aromatic rings. The molecule has 0 radical (unpaired) electrons. The average molecular weight is 229 g/mol. The highest BCUT2D eigenvalue weighted by atomic mass is 32.2. The number of hydrogen-bond donors (Lipinski definition) is 2. The fraction of sp³-hybridized carbons (Fsp3) is 1.00. The van der Waals surface area contributed by atoms with Crippen molar-refractivity contribution in [3.05, 3.63) is 0 Å². The van der Waals surface area contributed by atoms with Crippen LogP contribution in [0.2, 0.25) is 0 Å². The second kappa shape index (κ2) is 5.55. The van der Waals surface area contributed by atoms with Crippen molar-refractivity contribution in [3.8, 4) is 0 Å². The summed E-state index contributed by atoms with van der Waals surface area (Å²) in [6.07, 6.45) is 7.58. The van der Waals surface area contributed by atoms with Gasteiger partial charge in [-0.05, 0) is 50.4 Å². The van der Waals surface area contributed by atoms with Crippen molar-refractivity contribution in [2.75, 3.05) is 24.6 Å². The van der Waals surface area contributed by atoms with Crippen LogP contribution in [0, 0.1) is 5.92 Å². The van der Waals surface area contributed by atoms with E-state index < -0.39 is 0 Å². The lowest BCUT2D eigenvalue weighted by molar-refractivity contribution is 0.0339. The Labute approximate surface area is 97.2 Å². The van der Waals surface area contributed by atoms with Crippen LogP contribution in [-0.4, -0.2) is 35.3 Å². The van der Waals surface area contributed by atoms with Gasteiger partial charge in [0, 0.05) is 5.75 Å². The zero-order valence-corrected chi connectivity index (χ0v) is 10.3. The highest BCUT2D eigenvalue weighted by Crippen LogP contribution is 2.30. The molecule has 0 amide bonds. The molecule has 2 nitrogen and oxygen atoms in total. The van der Waals surface area contributed by atoms with Crippen molar-refractivity contribution in [2.45, 2.75) is 44.1 Å². The van der Waals surface area contributed by atoms with Crippen molar-refractivity contribution in [3.63, 3.8) is 0 Å². The second-order valence-electron chi connectivity index (χ2n) is 5.14. The molecule has 1 saturated carbocycles. The third-order valence-electron chi connectivity index (χ3n) is 3.73. The molecule has 2 fully saturated rings. The SMILES string of the molecule is OC1(CSCC2CCCC2)CCNCC1. The summed E-state index contributed by atoms with van der Waals surface area (Å²) in [5.41, 5.74) is -0.367. The van der Waals surface area contributed by atoms with Gasteiger partial charge >= 0.3 is 0 Å². The Kier molecular flexibility index (Phi) is 4.35. The van der Waals surface area contributed by atoms with Crippen molar-refractivity contribution in [2.24, 2.45) is 5.92 Å². The molecule has 1 heterocycles. The number of piperidine rings is 1. The summed E-state index contributed by atoms with van der Waals surface area (Å²) in [6, 6.07) is 0. The quantitative estimate of drug-likeness (QED) is 0.773. The Balaban J connectivity index is 1.63. The predicted octanol–water partition coefficient (Wildman–Crippen LogP) is 2.02. The summed E-state index contributed by atoms with van der Waals surface area (Å²) in [5.74, 6) is 3.17. The lowest BCUT2D eigenvalue weighted by Gasteiger charge is -2.32. The van der Waals surface area contributed by atoms with Crippen LogP contribution in [0.5, 0.6) is 0 Å². The molecule has 3 heteroatoms. The average Bonchev–Trinajstić information content (AvgIpc) is 2.71. The first-order valence-corrected chi connectivity index (χ1v) is 7.45. The number of hydrogen-bond acceptors (Lipinski definition) is 3. The molecule has 0 spiro atoms. The standard InChI is InChI=1S/C12H23NOS/c14-12(5-7-13-8-6-12)10-15-9-11-3-1-2-4-11/h11,13-14H,1-10H2. The molecule has 0 aromatic carbocycles. The number of aliphatic hydroxyl groups is 1. The predicted molar refractivity (Wildman–Crippen MR) is 66.3 cm³/mol. The minimum atomic E-state index is -0.367. The van der Waals surface area contributed by atoms with Crippen LogP contribution in [0.15, 0.2) is 0 Å². The molecule has 0 atom stereocenters. The van der Waals surface area contributed by atoms with Crippen LogP contribution in [-0.2, 0) is 0 Å². The Morgan fingerprint density at radius 3 is 2.53 bits per heavy atom. The molecule has 1 aliphatic heterocycles. The first-order chi connectivity index (χ1) is 7.29. The zero-order chi connectivity index (χ0) is 10.6. The Morgan fingerprint density at radius 1 is 1.20 bits per heavy atom. The molecule has 0 bridgehead atoms. The zero-order valence-electron chi connectivity index (χ0n) is 9.50. The van der Waals surface area contributed by atoms with Gasteiger partial charge in [0.05, 0.1) is 5.60 Å². The minimum Gasteiger partial charge on any atom is -0.389 e. The molecular weight excluding hydrogens is 206 g/mol. The molecule has 0 unspecified atom stereocenters. The van der Waals surface area contributed by atoms with E-state index in [0.29, 0.717) is 0 Å². The first-order valence-electron chi connectivity index (χ1n) is 6.29. The van der Waals surface area contributed by atoms with Gasteiger partial charge in [-0.15, -0.1) is 0 Å². The maximum Gasteiger partial charge on any atom is 0.0761 e. The van der Waals surface area contributed by atoms with E-state index in [4.69, 9.17) is 0 Å². The second-order valence-corrected chi connectivity index (χ2v) is 6.17. The molecule has 1 saturated heterocycles. The van der Waals surface area contributed by atoms with Gasteiger partial charge in [-0.1, -0.05) is 12.8 Å². The summed E-state index contributed by atoms with van der Waals surface area (Å²) in [7, 11) is 0. The summed E-state index contributed by atoms with van der Waals surface area (Å²) < 4.78 is 0. The molecule has 88 valence electrons. The molecular formula is C12H23NOS. The van der Waals surface area contributed by atoms with E-state index in [9.17, 15) is 5.11 Å². The first kappa shape index (κ1) is 11.7. The Hall–Kier alpha value is 0.270. The minimum absolute atomic E-state index is 0.367. The summed E-state index contributed by atoms with van der Waals surface area (Å²) in [5, 5.41) is 13.6. The fourth-order valence-corrected chi connectivity index (χ4v) is 4.08. The monoisotopic (exact) mass is 229 g/mol. The molecule has 2 N–H and O–H groups in total. The van der Waals surface area contributed by atoms with Crippen LogP contribution in [0.25, 0.3) is 0 Å². The van der Waals surface area contributed by atoms with Crippen LogP contribution in [0.3, 0.4) is 0 Å². The molecule has 1 aliphatic carbocycles. The fourth-order valence-electron chi connectivity index (χ4n) is 2.63. The van der Waals surface area contributed by atoms with E-state index in [0.717, 1.165) is 37.6 Å². The lowest BCUT2D eigenvalue weighted by atomic mass is 9.95. The van der Waals surface area contributed by atoms with Crippen LogP contribution >= 0.6 is 11.8 Å². The highest BCUT2D eigenvalue weighted by Gasteiger charge is 2.29. The van der Waals surface area contributed by atoms with Gasteiger partial charge in [-0.25, -0.2) is 0 Å². The summed E-state index contributed by atoms with van der Waals surface area (Å²) in [6.45, 7) is 1.97. The van der Waals surface area contributed by atoms with Gasteiger partial charge < -0.3 is 10.4 Å². The van der Waals surface area contributed by atoms with E-state index in [-0.39, 0.29) is 5.60 Å². The van der Waals surface area contributed by atoms with Gasteiger partial charge in [0.1, 0.15) is 0 Å². The number of nitrogens with one attached hydrogen (secondary N) is 1. The molecule has 0 aromatic heterocycles. The lowest BCUT2D eigenvalue weighted by Crippen LogP contribution is -2.43. The van der Waals surface area contributed by atoms with Crippen LogP contribution < -0.4 is 5.32 Å². The third-order valence-corrected chi connectivity index (χ3v) is 5.18. The van der Waals surface area contributed by atoms with Crippen LogP contribution in [0.4, 0.5) is 0 Å².